The van der Waals surface area contributed by atoms with Gasteiger partial charge in [0.15, 0.2) is 0 Å². The molecule has 1 N–H and O–H groups in total. The van der Waals surface area contributed by atoms with Crippen LogP contribution in [0.5, 0.6) is 0 Å². The number of rotatable bonds is 2. The van der Waals surface area contributed by atoms with E-state index in [1.165, 1.54) is 12.1 Å². The molecule has 0 unspecified atom stereocenters. The second kappa shape index (κ2) is 6.12. The van der Waals surface area contributed by atoms with Crippen LogP contribution >= 0.6 is 15.9 Å². The first-order chi connectivity index (χ1) is 10.2. The third-order valence-electron chi connectivity index (χ3n) is 3.17. The lowest BCUT2D eigenvalue weighted by Crippen LogP contribution is -2.15. The van der Waals surface area contributed by atoms with Gasteiger partial charge in [0.05, 0.1) is 5.56 Å². The minimum absolute atomic E-state index is 0.0651. The summed E-state index contributed by atoms with van der Waals surface area (Å²) in [6.07, 6.45) is -4.49. The second-order valence-electron chi connectivity index (χ2n) is 4.96. The molecule has 2 aromatic rings. The molecule has 2 rings (SSSR count). The van der Waals surface area contributed by atoms with Crippen molar-refractivity contribution >= 4 is 27.5 Å². The lowest BCUT2D eigenvalue weighted by atomic mass is 10.0. The molecule has 0 aromatic heterocycles. The van der Waals surface area contributed by atoms with Crippen molar-refractivity contribution in [2.75, 3.05) is 5.32 Å². The topological polar surface area (TPSA) is 29.1 Å². The number of hydrogen-bond donors (Lipinski definition) is 1. The average molecular weight is 372 g/mol. The number of hydrogen-bond acceptors (Lipinski definition) is 1. The monoisotopic (exact) mass is 371 g/mol. The van der Waals surface area contributed by atoms with E-state index in [-0.39, 0.29) is 10.2 Å². The Balaban J connectivity index is 2.31. The molecule has 0 saturated carbocycles. The van der Waals surface area contributed by atoms with E-state index < -0.39 is 17.6 Å². The molecule has 0 aliphatic heterocycles. The number of carbonyl (C=O) groups excluding carboxylic acids is 1. The highest BCUT2D eigenvalue weighted by atomic mass is 79.9. The van der Waals surface area contributed by atoms with Gasteiger partial charge in [0.2, 0.25) is 0 Å². The van der Waals surface area contributed by atoms with E-state index in [0.717, 1.165) is 17.2 Å². The van der Waals surface area contributed by atoms with Crippen LogP contribution in [0.1, 0.15) is 27.0 Å². The standard InChI is InChI=1S/C16H13BrF3NO/c1-9-3-4-10(2)12(7-9)15(22)21-11-5-6-14(17)13(8-11)16(18,19)20/h3-8H,1-2H3,(H,21,22). The van der Waals surface area contributed by atoms with Gasteiger partial charge in [-0.3, -0.25) is 4.79 Å². The first kappa shape index (κ1) is 16.5. The van der Waals surface area contributed by atoms with Crippen molar-refractivity contribution < 1.29 is 18.0 Å². The van der Waals surface area contributed by atoms with Crippen LogP contribution in [0.4, 0.5) is 18.9 Å². The Labute approximate surface area is 134 Å². The fourth-order valence-corrected chi connectivity index (χ4v) is 2.47. The zero-order valence-electron chi connectivity index (χ0n) is 11.9. The summed E-state index contributed by atoms with van der Waals surface area (Å²) in [5.74, 6) is -0.434. The van der Waals surface area contributed by atoms with Crippen LogP contribution in [0, 0.1) is 13.8 Å². The molecule has 116 valence electrons. The Kier molecular flexibility index (Phi) is 4.60. The fraction of sp³-hybridized carbons (Fsp3) is 0.188. The first-order valence-corrected chi connectivity index (χ1v) is 7.23. The molecule has 0 heterocycles. The molecule has 0 atom stereocenters. The van der Waals surface area contributed by atoms with Gasteiger partial charge in [-0.25, -0.2) is 0 Å². The molecular weight excluding hydrogens is 359 g/mol. The summed E-state index contributed by atoms with van der Waals surface area (Å²) in [4.78, 5) is 12.2. The van der Waals surface area contributed by atoms with Crippen molar-refractivity contribution in [3.8, 4) is 0 Å². The summed E-state index contributed by atoms with van der Waals surface area (Å²) in [5.41, 5.74) is 1.38. The van der Waals surface area contributed by atoms with E-state index in [2.05, 4.69) is 21.2 Å². The molecule has 0 radical (unpaired) electrons. The van der Waals surface area contributed by atoms with E-state index in [9.17, 15) is 18.0 Å². The highest BCUT2D eigenvalue weighted by Crippen LogP contribution is 2.36. The minimum atomic E-state index is -4.49. The molecular formula is C16H13BrF3NO. The lowest BCUT2D eigenvalue weighted by molar-refractivity contribution is -0.138. The first-order valence-electron chi connectivity index (χ1n) is 6.44. The van der Waals surface area contributed by atoms with Crippen molar-refractivity contribution in [1.82, 2.24) is 0 Å². The van der Waals surface area contributed by atoms with E-state index in [1.54, 1.807) is 19.1 Å². The maximum absolute atomic E-state index is 12.9. The van der Waals surface area contributed by atoms with Gasteiger partial charge in [-0.05, 0) is 43.7 Å². The van der Waals surface area contributed by atoms with Gasteiger partial charge in [0.25, 0.3) is 5.91 Å². The molecule has 1 amide bonds. The molecule has 2 aromatic carbocycles. The summed E-state index contributed by atoms with van der Waals surface area (Å²) >= 11 is 2.87. The van der Waals surface area contributed by atoms with Gasteiger partial charge in [-0.1, -0.05) is 33.6 Å². The quantitative estimate of drug-likeness (QED) is 0.758. The highest BCUT2D eigenvalue weighted by molar-refractivity contribution is 9.10. The van der Waals surface area contributed by atoms with Crippen LogP contribution in [0.15, 0.2) is 40.9 Å². The number of alkyl halides is 3. The molecule has 0 saturated heterocycles. The normalized spacial score (nSPS) is 11.4. The number of anilines is 1. The van der Waals surface area contributed by atoms with Gasteiger partial charge in [0, 0.05) is 15.7 Å². The molecule has 22 heavy (non-hydrogen) atoms. The van der Waals surface area contributed by atoms with Gasteiger partial charge < -0.3 is 5.32 Å². The van der Waals surface area contributed by atoms with Crippen molar-refractivity contribution in [1.29, 1.82) is 0 Å². The van der Waals surface area contributed by atoms with Crippen LogP contribution in [0.2, 0.25) is 0 Å². The molecule has 0 aliphatic carbocycles. The van der Waals surface area contributed by atoms with Crippen molar-refractivity contribution in [2.45, 2.75) is 20.0 Å². The maximum Gasteiger partial charge on any atom is 0.417 e. The highest BCUT2D eigenvalue weighted by Gasteiger charge is 2.33. The molecule has 0 spiro atoms. The number of halogens is 4. The molecule has 6 heteroatoms. The summed E-state index contributed by atoms with van der Waals surface area (Å²) < 4.78 is 38.5. The summed E-state index contributed by atoms with van der Waals surface area (Å²) in [6, 6.07) is 8.96. The van der Waals surface area contributed by atoms with E-state index in [1.807, 2.05) is 13.0 Å². The second-order valence-corrected chi connectivity index (χ2v) is 5.82. The van der Waals surface area contributed by atoms with Crippen molar-refractivity contribution in [3.05, 3.63) is 63.1 Å². The van der Waals surface area contributed by atoms with E-state index in [4.69, 9.17) is 0 Å². The lowest BCUT2D eigenvalue weighted by Gasteiger charge is -2.13. The van der Waals surface area contributed by atoms with Crippen molar-refractivity contribution in [2.24, 2.45) is 0 Å². The SMILES string of the molecule is Cc1ccc(C)c(C(=O)Nc2ccc(Br)c(C(F)(F)F)c2)c1. The van der Waals surface area contributed by atoms with Gasteiger partial charge in [0.1, 0.15) is 0 Å². The molecule has 0 fully saturated rings. The van der Waals surface area contributed by atoms with Crippen molar-refractivity contribution in [3.63, 3.8) is 0 Å². The van der Waals surface area contributed by atoms with Crippen LogP contribution in [0.3, 0.4) is 0 Å². The zero-order valence-corrected chi connectivity index (χ0v) is 13.5. The van der Waals surface area contributed by atoms with Crippen LogP contribution < -0.4 is 5.32 Å². The number of benzene rings is 2. The van der Waals surface area contributed by atoms with E-state index in [0.29, 0.717) is 5.56 Å². The predicted octanol–water partition coefficient (Wildman–Crippen LogP) is 5.34. The number of aryl methyl sites for hydroxylation is 2. The number of nitrogens with one attached hydrogen (secondary N) is 1. The Morgan fingerprint density at radius 1 is 1.09 bits per heavy atom. The Morgan fingerprint density at radius 3 is 2.41 bits per heavy atom. The van der Waals surface area contributed by atoms with Gasteiger partial charge >= 0.3 is 6.18 Å². The van der Waals surface area contributed by atoms with Crippen LogP contribution in [-0.4, -0.2) is 5.91 Å². The third-order valence-corrected chi connectivity index (χ3v) is 3.86. The Hall–Kier alpha value is -1.82. The molecule has 0 aliphatic rings. The van der Waals surface area contributed by atoms with E-state index >= 15 is 0 Å². The van der Waals surface area contributed by atoms with Crippen LogP contribution in [0.25, 0.3) is 0 Å². The van der Waals surface area contributed by atoms with Gasteiger partial charge in [-0.2, -0.15) is 13.2 Å². The Morgan fingerprint density at radius 2 is 1.77 bits per heavy atom. The summed E-state index contributed by atoms with van der Waals surface area (Å²) in [7, 11) is 0. The molecule has 0 bridgehead atoms. The number of amides is 1. The summed E-state index contributed by atoms with van der Waals surface area (Å²) in [5, 5.41) is 2.51. The van der Waals surface area contributed by atoms with Crippen LogP contribution in [-0.2, 0) is 6.18 Å². The third kappa shape index (κ3) is 3.68. The average Bonchev–Trinajstić information content (AvgIpc) is 2.42. The zero-order chi connectivity index (χ0) is 16.5. The summed E-state index contributed by atoms with van der Waals surface area (Å²) in [6.45, 7) is 3.62. The predicted molar refractivity (Wildman–Crippen MR) is 83.0 cm³/mol. The fourth-order valence-electron chi connectivity index (χ4n) is 2.00. The smallest absolute Gasteiger partial charge is 0.322 e. The molecule has 2 nitrogen and oxygen atoms in total. The number of carbonyl (C=O) groups is 1. The largest absolute Gasteiger partial charge is 0.417 e. The minimum Gasteiger partial charge on any atom is -0.322 e. The maximum atomic E-state index is 12.9. The van der Waals surface area contributed by atoms with Gasteiger partial charge in [-0.15, -0.1) is 0 Å². The Bertz CT molecular complexity index is 726.